The molecule has 4 rings (SSSR count). The Morgan fingerprint density at radius 2 is 1.90 bits per heavy atom. The van der Waals surface area contributed by atoms with Gasteiger partial charge in [-0.25, -0.2) is 4.98 Å². The van der Waals surface area contributed by atoms with Crippen LogP contribution in [0.5, 0.6) is 0 Å². The van der Waals surface area contributed by atoms with Crippen molar-refractivity contribution in [2.24, 2.45) is 0 Å². The van der Waals surface area contributed by atoms with Crippen LogP contribution in [-0.2, 0) is 4.79 Å². The van der Waals surface area contributed by atoms with E-state index in [-0.39, 0.29) is 23.9 Å². The van der Waals surface area contributed by atoms with Crippen LogP contribution in [-0.4, -0.2) is 49.7 Å². The summed E-state index contributed by atoms with van der Waals surface area (Å²) in [5, 5.41) is 0. The summed E-state index contributed by atoms with van der Waals surface area (Å²) < 4.78 is 0. The van der Waals surface area contributed by atoms with Gasteiger partial charge in [-0.2, -0.15) is 0 Å². The molecule has 152 valence electrons. The zero-order valence-corrected chi connectivity index (χ0v) is 17.1. The molecule has 0 unspecified atom stereocenters. The number of carbonyl (C=O) groups excluding carboxylic acids is 2. The fourth-order valence-electron chi connectivity index (χ4n) is 5.22. The second-order valence-electron chi connectivity index (χ2n) is 8.33. The molecule has 0 saturated carbocycles. The second kappa shape index (κ2) is 7.93. The van der Waals surface area contributed by atoms with E-state index < -0.39 is 5.54 Å². The van der Waals surface area contributed by atoms with E-state index in [1.54, 1.807) is 19.3 Å². The lowest BCUT2D eigenvalue weighted by Gasteiger charge is -2.45. The average molecular weight is 393 g/mol. The van der Waals surface area contributed by atoms with Crippen molar-refractivity contribution >= 4 is 11.8 Å². The molecule has 2 aromatic rings. The predicted molar refractivity (Wildman–Crippen MR) is 110 cm³/mol. The van der Waals surface area contributed by atoms with E-state index in [0.717, 1.165) is 44.2 Å². The maximum absolute atomic E-state index is 13.6. The minimum Gasteiger partial charge on any atom is -0.335 e. The molecule has 1 aromatic heterocycles. The first-order valence-electron chi connectivity index (χ1n) is 10.4. The van der Waals surface area contributed by atoms with Crippen LogP contribution in [0.15, 0.2) is 48.9 Å². The molecule has 1 aromatic carbocycles. The number of hydrogen-bond acceptors (Lipinski definition) is 4. The fraction of sp³-hybridized carbons (Fsp3) is 0.478. The third-order valence-corrected chi connectivity index (χ3v) is 6.55. The van der Waals surface area contributed by atoms with Crippen LogP contribution >= 0.6 is 0 Å². The lowest BCUT2D eigenvalue weighted by Crippen LogP contribution is -2.58. The van der Waals surface area contributed by atoms with E-state index >= 15 is 0 Å². The molecule has 6 heteroatoms. The number of likely N-dealkylation sites (tertiary alicyclic amines) is 2. The normalized spacial score (nSPS) is 27.1. The molecule has 2 aliphatic rings. The van der Waals surface area contributed by atoms with Crippen LogP contribution in [0.25, 0.3) is 0 Å². The molecular weight excluding hydrogens is 364 g/mol. The Labute approximate surface area is 172 Å². The Balaban J connectivity index is 1.82. The van der Waals surface area contributed by atoms with Gasteiger partial charge >= 0.3 is 0 Å². The molecule has 0 radical (unpaired) electrons. The van der Waals surface area contributed by atoms with E-state index in [2.05, 4.69) is 29.0 Å². The van der Waals surface area contributed by atoms with Gasteiger partial charge in [0.15, 0.2) is 0 Å². The summed E-state index contributed by atoms with van der Waals surface area (Å²) in [6.45, 7) is 4.55. The molecule has 2 aliphatic heterocycles. The lowest BCUT2D eigenvalue weighted by molar-refractivity contribution is -0.136. The van der Waals surface area contributed by atoms with Crippen molar-refractivity contribution < 1.29 is 9.59 Å². The SMILES string of the molecule is CC(=O)N1CCCCC[C@@H]2N(C(=O)c3cnccn3)[C@H](c3ccccc3)C[C@@]21C. The average Bonchev–Trinajstić information content (AvgIpc) is 3.01. The quantitative estimate of drug-likeness (QED) is 0.783. The van der Waals surface area contributed by atoms with E-state index in [1.165, 1.54) is 6.20 Å². The number of carbonyl (C=O) groups is 2. The fourth-order valence-corrected chi connectivity index (χ4v) is 5.22. The summed E-state index contributed by atoms with van der Waals surface area (Å²) >= 11 is 0. The van der Waals surface area contributed by atoms with E-state index in [0.29, 0.717) is 5.69 Å². The van der Waals surface area contributed by atoms with Crippen molar-refractivity contribution in [3.05, 3.63) is 60.2 Å². The molecular formula is C23H28N4O2. The van der Waals surface area contributed by atoms with Crippen molar-refractivity contribution in [1.29, 1.82) is 0 Å². The number of nitrogens with zero attached hydrogens (tertiary/aromatic N) is 4. The molecule has 6 nitrogen and oxygen atoms in total. The van der Waals surface area contributed by atoms with Crippen LogP contribution in [0.3, 0.4) is 0 Å². The largest absolute Gasteiger partial charge is 0.335 e. The standard InChI is InChI=1S/C23H28N4O2/c1-17(28)26-14-8-4-7-11-21-23(26,2)15-20(18-9-5-3-6-10-18)27(21)22(29)19-16-24-12-13-25-19/h3,5-6,9-10,12-13,16,20-21H,4,7-8,11,14-15H2,1-2H3/t20-,21-,23-/m0/s1. The van der Waals surface area contributed by atoms with E-state index in [4.69, 9.17) is 0 Å². The zero-order valence-electron chi connectivity index (χ0n) is 17.1. The molecule has 0 spiro atoms. The first-order chi connectivity index (χ1) is 14.0. The molecule has 3 atom stereocenters. The van der Waals surface area contributed by atoms with Crippen LogP contribution in [0.4, 0.5) is 0 Å². The number of fused-ring (bicyclic) bond motifs is 1. The summed E-state index contributed by atoms with van der Waals surface area (Å²) in [6, 6.07) is 9.99. The Morgan fingerprint density at radius 3 is 2.59 bits per heavy atom. The molecule has 2 amide bonds. The second-order valence-corrected chi connectivity index (χ2v) is 8.33. The highest BCUT2D eigenvalue weighted by Gasteiger charge is 2.55. The van der Waals surface area contributed by atoms with Gasteiger partial charge in [-0.05, 0) is 31.7 Å². The molecule has 0 N–H and O–H groups in total. The van der Waals surface area contributed by atoms with Crippen LogP contribution < -0.4 is 0 Å². The number of hydrogen-bond donors (Lipinski definition) is 0. The van der Waals surface area contributed by atoms with Crippen molar-refractivity contribution in [3.63, 3.8) is 0 Å². The highest BCUT2D eigenvalue weighted by atomic mass is 16.2. The maximum Gasteiger partial charge on any atom is 0.274 e. The lowest BCUT2D eigenvalue weighted by atomic mass is 9.83. The monoisotopic (exact) mass is 392 g/mol. The van der Waals surface area contributed by atoms with Gasteiger partial charge in [0, 0.05) is 25.9 Å². The van der Waals surface area contributed by atoms with Gasteiger partial charge < -0.3 is 9.80 Å². The number of aromatic nitrogens is 2. The third kappa shape index (κ3) is 3.52. The summed E-state index contributed by atoms with van der Waals surface area (Å²) in [6.07, 6.45) is 9.41. The Hall–Kier alpha value is -2.76. The minimum atomic E-state index is -0.398. The zero-order chi connectivity index (χ0) is 20.4. The summed E-state index contributed by atoms with van der Waals surface area (Å²) in [5.41, 5.74) is 1.06. The van der Waals surface area contributed by atoms with Crippen LogP contribution in [0.1, 0.15) is 68.0 Å². The van der Waals surface area contributed by atoms with Crippen LogP contribution in [0.2, 0.25) is 0 Å². The van der Waals surface area contributed by atoms with Gasteiger partial charge in [0.25, 0.3) is 5.91 Å². The number of benzene rings is 1. The van der Waals surface area contributed by atoms with Crippen molar-refractivity contribution in [2.45, 2.75) is 63.6 Å². The van der Waals surface area contributed by atoms with Gasteiger partial charge in [-0.1, -0.05) is 43.2 Å². The third-order valence-electron chi connectivity index (χ3n) is 6.55. The Morgan fingerprint density at radius 1 is 1.10 bits per heavy atom. The highest BCUT2D eigenvalue weighted by molar-refractivity contribution is 5.93. The maximum atomic E-state index is 13.6. The Kier molecular flexibility index (Phi) is 5.35. The molecule has 0 bridgehead atoms. The summed E-state index contributed by atoms with van der Waals surface area (Å²) in [7, 11) is 0. The molecule has 0 aliphatic carbocycles. The molecule has 2 saturated heterocycles. The molecule has 29 heavy (non-hydrogen) atoms. The highest BCUT2D eigenvalue weighted by Crippen LogP contribution is 2.48. The van der Waals surface area contributed by atoms with E-state index in [1.807, 2.05) is 28.0 Å². The van der Waals surface area contributed by atoms with Gasteiger partial charge in [-0.15, -0.1) is 0 Å². The number of amides is 2. The first-order valence-corrected chi connectivity index (χ1v) is 10.4. The summed E-state index contributed by atoms with van der Waals surface area (Å²) in [4.78, 5) is 38.6. The first kappa shape index (κ1) is 19.6. The van der Waals surface area contributed by atoms with Crippen molar-refractivity contribution in [1.82, 2.24) is 19.8 Å². The van der Waals surface area contributed by atoms with Gasteiger partial charge in [0.1, 0.15) is 5.69 Å². The smallest absolute Gasteiger partial charge is 0.274 e. The van der Waals surface area contributed by atoms with Gasteiger partial charge in [0.05, 0.1) is 23.8 Å². The molecule has 2 fully saturated rings. The summed E-state index contributed by atoms with van der Waals surface area (Å²) in [5.74, 6) is -0.0234. The topological polar surface area (TPSA) is 66.4 Å². The molecule has 3 heterocycles. The Bertz CT molecular complexity index is 873. The van der Waals surface area contributed by atoms with Gasteiger partial charge in [-0.3, -0.25) is 14.6 Å². The predicted octanol–water partition coefficient (Wildman–Crippen LogP) is 3.61. The number of rotatable bonds is 2. The van der Waals surface area contributed by atoms with Gasteiger partial charge in [0.2, 0.25) is 5.91 Å². The van der Waals surface area contributed by atoms with Crippen molar-refractivity contribution in [2.75, 3.05) is 6.54 Å². The minimum absolute atomic E-state index is 0.0496. The van der Waals surface area contributed by atoms with Crippen LogP contribution in [0, 0.1) is 0 Å². The van der Waals surface area contributed by atoms with E-state index in [9.17, 15) is 9.59 Å². The van der Waals surface area contributed by atoms with Crippen molar-refractivity contribution in [3.8, 4) is 0 Å².